The maximum Gasteiger partial charge on any atom is 0.490 e. The monoisotopic (exact) mass is 614 g/mol. The zero-order valence-electron chi connectivity index (χ0n) is 20.8. The van der Waals surface area contributed by atoms with Crippen LogP contribution in [-0.4, -0.2) is 67.1 Å². The van der Waals surface area contributed by atoms with Gasteiger partial charge in [0, 0.05) is 12.6 Å². The first kappa shape index (κ1) is 31.8. The van der Waals surface area contributed by atoms with E-state index in [0.717, 1.165) is 16.7 Å². The summed E-state index contributed by atoms with van der Waals surface area (Å²) in [6.07, 6.45) is -2.04. The molecule has 1 saturated heterocycles. The summed E-state index contributed by atoms with van der Waals surface area (Å²) >= 11 is 0. The van der Waals surface area contributed by atoms with Gasteiger partial charge in [-0.2, -0.15) is 8.62 Å². The number of aliphatic hydroxyl groups is 1. The minimum absolute atomic E-state index is 0.0475. The number of phosphoric acid groups is 3. The molecule has 0 aliphatic carbocycles. The largest absolute Gasteiger partial charge is 0.490 e. The summed E-state index contributed by atoms with van der Waals surface area (Å²) in [6, 6.07) is 5.84. The molecule has 2 aliphatic heterocycles. The van der Waals surface area contributed by atoms with Crippen LogP contribution in [0.25, 0.3) is 0 Å². The molecule has 0 saturated carbocycles. The van der Waals surface area contributed by atoms with Crippen LogP contribution in [0.1, 0.15) is 23.1 Å². The number of hydrogen-bond donors (Lipinski definition) is 6. The number of carbonyl (C=O) groups excluding carboxylic acids is 1. The Balaban J connectivity index is 1.60. The number of phosphoric ester groups is 1. The van der Waals surface area contributed by atoms with Gasteiger partial charge in [-0.05, 0) is 30.5 Å². The van der Waals surface area contributed by atoms with Crippen molar-refractivity contribution in [3.8, 4) is 0 Å². The lowest BCUT2D eigenvalue weighted by molar-refractivity contribution is -0.119. The Morgan fingerprint density at radius 1 is 1.08 bits per heavy atom. The quantitative estimate of drug-likeness (QED) is 0.183. The zero-order chi connectivity index (χ0) is 29.2. The Labute approximate surface area is 223 Å². The standard InChI is InChI=1S/C20H29N2O14P3/c1-12-5-4-6-13(2)16(12)10-32-9-15-8-22(14(3)21-20(15)24)19-7-17(23)18(34-19)11-33-38(28,29)36-39(30,31)35-37(25,26)27/h4-6,8,17-19,23H,3,7,9-11H2,1-2H3,(H,21,24)(H,28,29)(H,30,31)(H2,25,26,27)/t17-,18-,19-/m1/s1. The number of ether oxygens (including phenoxy) is 2. The zero-order valence-corrected chi connectivity index (χ0v) is 23.5. The summed E-state index contributed by atoms with van der Waals surface area (Å²) in [4.78, 5) is 49.9. The minimum atomic E-state index is -5.69. The van der Waals surface area contributed by atoms with Gasteiger partial charge in [0.25, 0.3) is 5.91 Å². The average molecular weight is 614 g/mol. The molecule has 39 heavy (non-hydrogen) atoms. The second-order valence-corrected chi connectivity index (χ2v) is 13.1. The fraction of sp³-hybridized carbons (Fsp3) is 0.450. The van der Waals surface area contributed by atoms with Gasteiger partial charge in [0.05, 0.1) is 31.5 Å². The molecule has 1 amide bonds. The number of nitrogens with zero attached hydrogens (tertiary/aromatic N) is 1. The van der Waals surface area contributed by atoms with Gasteiger partial charge in [0.15, 0.2) is 0 Å². The molecule has 6 N–H and O–H groups in total. The summed E-state index contributed by atoms with van der Waals surface area (Å²) in [6.45, 7) is 7.05. The molecule has 0 spiro atoms. The average Bonchev–Trinajstić information content (AvgIpc) is 3.13. The highest BCUT2D eigenvalue weighted by atomic mass is 31.3. The summed E-state index contributed by atoms with van der Waals surface area (Å²) in [5.74, 6) is -0.315. The van der Waals surface area contributed by atoms with Gasteiger partial charge >= 0.3 is 23.5 Å². The molecule has 2 heterocycles. The fourth-order valence-corrected chi connectivity index (χ4v) is 6.82. The molecule has 1 aromatic carbocycles. The number of aryl methyl sites for hydroxylation is 2. The number of aliphatic hydroxyl groups excluding tert-OH is 1. The number of rotatable bonds is 12. The van der Waals surface area contributed by atoms with Gasteiger partial charge in [-0.15, -0.1) is 0 Å². The SMILES string of the molecule is C=C1NC(=O)C(COCc2c(C)cccc2C)=CN1[C@H]1C[C@@H](O)[C@@H](COP(=O)(O)OP(=O)(O)OP(=O)(O)O)O1. The molecule has 2 unspecified atom stereocenters. The minimum Gasteiger partial charge on any atom is -0.390 e. The number of amides is 1. The van der Waals surface area contributed by atoms with E-state index in [2.05, 4.69) is 25.0 Å². The molecule has 2 aliphatic rings. The van der Waals surface area contributed by atoms with Crippen LogP contribution >= 0.6 is 23.5 Å². The van der Waals surface area contributed by atoms with E-state index in [-0.39, 0.29) is 31.0 Å². The molecule has 218 valence electrons. The second-order valence-electron chi connectivity index (χ2n) is 8.64. The van der Waals surface area contributed by atoms with Crippen LogP contribution in [0.4, 0.5) is 0 Å². The lowest BCUT2D eigenvalue weighted by atomic mass is 10.0. The fourth-order valence-electron chi connectivity index (χ4n) is 3.79. The first-order valence-electron chi connectivity index (χ1n) is 11.2. The van der Waals surface area contributed by atoms with Crippen LogP contribution in [0.3, 0.4) is 0 Å². The van der Waals surface area contributed by atoms with Gasteiger partial charge in [-0.25, -0.2) is 13.7 Å². The molecule has 3 rings (SSSR count). The Morgan fingerprint density at radius 3 is 2.33 bits per heavy atom. The van der Waals surface area contributed by atoms with Gasteiger partial charge < -0.3 is 44.4 Å². The van der Waals surface area contributed by atoms with Crippen LogP contribution in [0, 0.1) is 13.8 Å². The molecular weight excluding hydrogens is 585 g/mol. The second kappa shape index (κ2) is 12.4. The van der Waals surface area contributed by atoms with Crippen molar-refractivity contribution in [2.75, 3.05) is 13.2 Å². The Bertz CT molecular complexity index is 1260. The highest BCUT2D eigenvalue weighted by Crippen LogP contribution is 2.66. The maximum atomic E-state index is 12.5. The molecular formula is C20H29N2O14P3. The van der Waals surface area contributed by atoms with Crippen molar-refractivity contribution >= 4 is 29.4 Å². The van der Waals surface area contributed by atoms with Gasteiger partial charge in [0.1, 0.15) is 18.2 Å². The van der Waals surface area contributed by atoms with E-state index in [1.165, 1.54) is 11.1 Å². The predicted octanol–water partition coefficient (Wildman–Crippen LogP) is 1.43. The smallest absolute Gasteiger partial charge is 0.390 e. The van der Waals surface area contributed by atoms with Crippen LogP contribution in [0.15, 0.2) is 42.4 Å². The summed E-state index contributed by atoms with van der Waals surface area (Å²) < 4.78 is 57.4. The van der Waals surface area contributed by atoms with Crippen molar-refractivity contribution in [3.63, 3.8) is 0 Å². The molecule has 5 atom stereocenters. The lowest BCUT2D eigenvalue weighted by Crippen LogP contribution is -2.43. The molecule has 0 radical (unpaired) electrons. The third-order valence-corrected chi connectivity index (χ3v) is 9.44. The van der Waals surface area contributed by atoms with Crippen LogP contribution in [0.5, 0.6) is 0 Å². The van der Waals surface area contributed by atoms with Crippen molar-refractivity contribution in [1.29, 1.82) is 0 Å². The van der Waals surface area contributed by atoms with Crippen molar-refractivity contribution in [2.24, 2.45) is 0 Å². The van der Waals surface area contributed by atoms with E-state index in [1.807, 2.05) is 32.0 Å². The van der Waals surface area contributed by atoms with Crippen LogP contribution in [0.2, 0.25) is 0 Å². The predicted molar refractivity (Wildman–Crippen MR) is 132 cm³/mol. The van der Waals surface area contributed by atoms with Crippen molar-refractivity contribution in [2.45, 2.75) is 45.3 Å². The number of nitrogens with one attached hydrogen (secondary N) is 1. The summed E-state index contributed by atoms with van der Waals surface area (Å²) in [5.41, 5.74) is 3.32. The maximum absolute atomic E-state index is 12.5. The van der Waals surface area contributed by atoms with Crippen molar-refractivity contribution in [3.05, 3.63) is 59.1 Å². The summed E-state index contributed by atoms with van der Waals surface area (Å²) in [5, 5.41) is 12.9. The highest BCUT2D eigenvalue weighted by molar-refractivity contribution is 7.66. The van der Waals surface area contributed by atoms with Gasteiger partial charge in [-0.1, -0.05) is 24.8 Å². The van der Waals surface area contributed by atoms with E-state index in [1.54, 1.807) is 0 Å². The third kappa shape index (κ3) is 9.13. The van der Waals surface area contributed by atoms with Crippen molar-refractivity contribution < 1.29 is 65.8 Å². The number of carbonyl (C=O) groups is 1. The molecule has 0 aromatic heterocycles. The highest BCUT2D eigenvalue weighted by Gasteiger charge is 2.43. The Morgan fingerprint density at radius 2 is 1.72 bits per heavy atom. The first-order chi connectivity index (χ1) is 18.0. The van der Waals surface area contributed by atoms with E-state index >= 15 is 0 Å². The summed E-state index contributed by atoms with van der Waals surface area (Å²) in [7, 11) is -16.6. The van der Waals surface area contributed by atoms with E-state index in [4.69, 9.17) is 19.3 Å². The molecule has 19 heteroatoms. The van der Waals surface area contributed by atoms with Gasteiger partial charge in [0.2, 0.25) is 0 Å². The molecule has 0 bridgehead atoms. The van der Waals surface area contributed by atoms with E-state index in [9.17, 15) is 33.4 Å². The normalized spacial score (nSPS) is 25.2. The lowest BCUT2D eigenvalue weighted by Gasteiger charge is -2.33. The Hall–Kier alpha value is -1.74. The topological polar surface area (TPSA) is 231 Å². The Kier molecular flexibility index (Phi) is 10.1. The third-order valence-electron chi connectivity index (χ3n) is 5.64. The van der Waals surface area contributed by atoms with Crippen molar-refractivity contribution in [1.82, 2.24) is 10.2 Å². The van der Waals surface area contributed by atoms with E-state index < -0.39 is 54.4 Å². The van der Waals surface area contributed by atoms with Crippen LogP contribution < -0.4 is 5.32 Å². The van der Waals surface area contributed by atoms with Crippen LogP contribution in [-0.2, 0) is 47.7 Å². The number of hydrogen-bond acceptors (Lipinski definition) is 11. The molecule has 1 fully saturated rings. The first-order valence-corrected chi connectivity index (χ1v) is 15.7. The van der Waals surface area contributed by atoms with Gasteiger partial charge in [-0.3, -0.25) is 9.32 Å². The molecule has 1 aromatic rings. The van der Waals surface area contributed by atoms with E-state index in [0.29, 0.717) is 0 Å². The number of benzene rings is 1. The molecule has 16 nitrogen and oxygen atoms in total.